The molecule has 3 nitrogen and oxygen atoms in total. The summed E-state index contributed by atoms with van der Waals surface area (Å²) in [5, 5.41) is 10.9. The molecule has 0 amide bonds. The van der Waals surface area contributed by atoms with Crippen LogP contribution in [0, 0.1) is 0 Å². The smallest absolute Gasteiger partial charge is 0.417 e. The minimum Gasteiger partial charge on any atom is -0.497 e. The third-order valence-corrected chi connectivity index (χ3v) is 4.82. The van der Waals surface area contributed by atoms with Crippen LogP contribution in [0.1, 0.15) is 30.4 Å². The molecule has 0 aliphatic carbocycles. The second-order valence-electron chi connectivity index (χ2n) is 6.53. The zero-order chi connectivity index (χ0) is 20.5. The van der Waals surface area contributed by atoms with Gasteiger partial charge in [0.25, 0.3) is 0 Å². The third kappa shape index (κ3) is 3.81. The summed E-state index contributed by atoms with van der Waals surface area (Å²) in [6.07, 6.45) is -4.39. The van der Waals surface area contributed by atoms with Crippen LogP contribution in [0.4, 0.5) is 13.2 Å². The summed E-state index contributed by atoms with van der Waals surface area (Å²) in [7, 11) is 1.55. The Morgan fingerprint density at radius 2 is 1.71 bits per heavy atom. The van der Waals surface area contributed by atoms with E-state index in [0.717, 1.165) is 16.8 Å². The predicted molar refractivity (Wildman–Crippen MR) is 102 cm³/mol. The fourth-order valence-electron chi connectivity index (χ4n) is 3.34. The van der Waals surface area contributed by atoms with Gasteiger partial charge < -0.3 is 9.84 Å². The maximum absolute atomic E-state index is 13.7. The predicted octanol–water partition coefficient (Wildman–Crippen LogP) is 6.11. The van der Waals surface area contributed by atoms with E-state index in [2.05, 4.69) is 0 Å². The average molecular weight is 388 g/mol. The number of alkyl halides is 3. The summed E-state index contributed by atoms with van der Waals surface area (Å²) in [5.41, 5.74) is -0.247. The highest BCUT2D eigenvalue weighted by atomic mass is 19.4. The molecule has 6 heteroatoms. The van der Waals surface area contributed by atoms with Crippen LogP contribution in [0.3, 0.4) is 0 Å². The van der Waals surface area contributed by atoms with Gasteiger partial charge in [-0.15, -0.1) is 0 Å². The molecule has 1 N–H and O–H groups in total. The molecule has 0 heterocycles. The second-order valence-corrected chi connectivity index (χ2v) is 6.53. The van der Waals surface area contributed by atoms with Crippen LogP contribution >= 0.6 is 0 Å². The number of rotatable bonds is 5. The number of methoxy groups -OCH3 is 1. The zero-order valence-corrected chi connectivity index (χ0v) is 15.4. The van der Waals surface area contributed by atoms with Gasteiger partial charge in [0, 0.05) is 0 Å². The highest BCUT2D eigenvalue weighted by Crippen LogP contribution is 2.40. The summed E-state index contributed by atoms with van der Waals surface area (Å²) < 4.78 is 46.4. The number of ether oxygens (including phenoxy) is 1. The topological polar surface area (TPSA) is 46.5 Å². The normalized spacial score (nSPS) is 12.8. The maximum atomic E-state index is 13.7. The molecule has 0 fully saturated rings. The standard InChI is InChI=1S/C22H19F3O3/c1-3-18(21(26)27)16-7-9-19(20(12-16)22(23,24)25)15-5-4-14-11-17(28-2)8-6-13(14)10-15/h4-12,18H,3H2,1-2H3,(H,26,27). The highest BCUT2D eigenvalue weighted by molar-refractivity contribution is 5.89. The van der Waals surface area contributed by atoms with E-state index in [1.807, 2.05) is 6.07 Å². The lowest BCUT2D eigenvalue weighted by molar-refractivity contribution is -0.140. The molecule has 3 aromatic rings. The van der Waals surface area contributed by atoms with Crippen molar-refractivity contribution in [1.82, 2.24) is 0 Å². The van der Waals surface area contributed by atoms with Crippen molar-refractivity contribution >= 4 is 16.7 Å². The van der Waals surface area contributed by atoms with Gasteiger partial charge >= 0.3 is 12.1 Å². The lowest BCUT2D eigenvalue weighted by Gasteiger charge is -2.18. The Hall–Kier alpha value is -3.02. The SMILES string of the molecule is CCC(C(=O)O)c1ccc(-c2ccc3cc(OC)ccc3c2)c(C(F)(F)F)c1. The molecule has 28 heavy (non-hydrogen) atoms. The molecular weight excluding hydrogens is 369 g/mol. The van der Waals surface area contributed by atoms with Gasteiger partial charge in [-0.25, -0.2) is 0 Å². The molecule has 0 aromatic heterocycles. The lowest BCUT2D eigenvalue weighted by atomic mass is 9.90. The molecule has 3 aromatic carbocycles. The van der Waals surface area contributed by atoms with Gasteiger partial charge in [-0.3, -0.25) is 4.79 Å². The first kappa shape index (κ1) is 19.7. The number of carboxylic acid groups (broad SMARTS) is 1. The molecule has 0 aliphatic heterocycles. The van der Waals surface area contributed by atoms with Crippen molar-refractivity contribution < 1.29 is 27.8 Å². The first-order valence-corrected chi connectivity index (χ1v) is 8.76. The van der Waals surface area contributed by atoms with E-state index in [4.69, 9.17) is 4.74 Å². The fraction of sp³-hybridized carbons (Fsp3) is 0.227. The van der Waals surface area contributed by atoms with Gasteiger partial charge in [0.1, 0.15) is 5.75 Å². The van der Waals surface area contributed by atoms with E-state index in [9.17, 15) is 23.1 Å². The number of hydrogen-bond donors (Lipinski definition) is 1. The van der Waals surface area contributed by atoms with Gasteiger partial charge in [-0.05, 0) is 58.1 Å². The van der Waals surface area contributed by atoms with E-state index < -0.39 is 23.6 Å². The monoisotopic (exact) mass is 388 g/mol. The van der Waals surface area contributed by atoms with Crippen LogP contribution in [-0.2, 0) is 11.0 Å². The molecule has 0 saturated heterocycles. The van der Waals surface area contributed by atoms with Crippen LogP contribution in [0.25, 0.3) is 21.9 Å². The first-order valence-electron chi connectivity index (χ1n) is 8.76. The van der Waals surface area contributed by atoms with Crippen molar-refractivity contribution in [2.24, 2.45) is 0 Å². The van der Waals surface area contributed by atoms with Crippen LogP contribution in [0.5, 0.6) is 5.75 Å². The van der Waals surface area contributed by atoms with Crippen LogP contribution in [0.15, 0.2) is 54.6 Å². The molecule has 3 rings (SSSR count). The van der Waals surface area contributed by atoms with Crippen molar-refractivity contribution in [1.29, 1.82) is 0 Å². The van der Waals surface area contributed by atoms with Crippen molar-refractivity contribution in [2.45, 2.75) is 25.4 Å². The van der Waals surface area contributed by atoms with E-state index in [1.54, 1.807) is 44.4 Å². The summed E-state index contributed by atoms with van der Waals surface area (Å²) in [4.78, 5) is 11.4. The Labute approximate surface area is 160 Å². The quantitative estimate of drug-likeness (QED) is 0.573. The second kappa shape index (κ2) is 7.54. The lowest BCUT2D eigenvalue weighted by Crippen LogP contribution is -2.13. The average Bonchev–Trinajstić information content (AvgIpc) is 2.66. The Morgan fingerprint density at radius 1 is 1.04 bits per heavy atom. The van der Waals surface area contributed by atoms with Crippen molar-refractivity contribution in [2.75, 3.05) is 7.11 Å². The minimum atomic E-state index is -4.60. The summed E-state index contributed by atoms with van der Waals surface area (Å²) in [5.74, 6) is -1.44. The molecule has 1 unspecified atom stereocenters. The molecule has 0 saturated carbocycles. The van der Waals surface area contributed by atoms with Gasteiger partial charge in [0.2, 0.25) is 0 Å². The van der Waals surface area contributed by atoms with E-state index in [1.165, 1.54) is 12.1 Å². The third-order valence-electron chi connectivity index (χ3n) is 4.82. The molecule has 0 aliphatic rings. The number of benzene rings is 3. The summed E-state index contributed by atoms with van der Waals surface area (Å²) >= 11 is 0. The molecule has 0 radical (unpaired) electrons. The van der Waals surface area contributed by atoms with E-state index in [-0.39, 0.29) is 17.5 Å². The van der Waals surface area contributed by atoms with Gasteiger partial charge in [-0.1, -0.05) is 37.3 Å². The number of aliphatic carboxylic acids is 1. The Balaban J connectivity index is 2.15. The fourth-order valence-corrected chi connectivity index (χ4v) is 3.34. The first-order chi connectivity index (χ1) is 13.2. The summed E-state index contributed by atoms with van der Waals surface area (Å²) in [6, 6.07) is 14.2. The molecular formula is C22H19F3O3. The largest absolute Gasteiger partial charge is 0.497 e. The Morgan fingerprint density at radius 3 is 2.32 bits per heavy atom. The van der Waals surface area contributed by atoms with E-state index in [0.29, 0.717) is 11.3 Å². The van der Waals surface area contributed by atoms with E-state index >= 15 is 0 Å². The molecule has 146 valence electrons. The van der Waals surface area contributed by atoms with Crippen molar-refractivity contribution in [3.05, 3.63) is 65.7 Å². The molecule has 0 spiro atoms. The van der Waals surface area contributed by atoms with Gasteiger partial charge in [-0.2, -0.15) is 13.2 Å². The zero-order valence-electron chi connectivity index (χ0n) is 15.4. The van der Waals surface area contributed by atoms with Crippen molar-refractivity contribution in [3.8, 4) is 16.9 Å². The van der Waals surface area contributed by atoms with Crippen LogP contribution in [-0.4, -0.2) is 18.2 Å². The number of carbonyl (C=O) groups is 1. The van der Waals surface area contributed by atoms with Crippen LogP contribution in [0.2, 0.25) is 0 Å². The minimum absolute atomic E-state index is 0.0224. The molecule has 0 bridgehead atoms. The van der Waals surface area contributed by atoms with Crippen LogP contribution < -0.4 is 4.74 Å². The number of halogens is 3. The molecule has 1 atom stereocenters. The van der Waals surface area contributed by atoms with Crippen molar-refractivity contribution in [3.63, 3.8) is 0 Å². The Kier molecular flexibility index (Phi) is 5.31. The number of fused-ring (bicyclic) bond motifs is 1. The Bertz CT molecular complexity index is 1030. The van der Waals surface area contributed by atoms with Gasteiger partial charge in [0.05, 0.1) is 18.6 Å². The highest BCUT2D eigenvalue weighted by Gasteiger charge is 2.35. The number of carboxylic acids is 1. The van der Waals surface area contributed by atoms with Gasteiger partial charge in [0.15, 0.2) is 0 Å². The number of hydrogen-bond acceptors (Lipinski definition) is 2. The summed E-state index contributed by atoms with van der Waals surface area (Å²) in [6.45, 7) is 1.64. The maximum Gasteiger partial charge on any atom is 0.417 e.